The molecule has 1 saturated heterocycles. The summed E-state index contributed by atoms with van der Waals surface area (Å²) in [7, 11) is 0. The second-order valence-electron chi connectivity index (χ2n) is 7.48. The number of hydrogen-bond acceptors (Lipinski definition) is 2. The summed E-state index contributed by atoms with van der Waals surface area (Å²) in [5.74, 6) is 1.54. The normalized spacial score (nSPS) is 22.0. The van der Waals surface area contributed by atoms with Crippen molar-refractivity contribution in [3.63, 3.8) is 0 Å². The fourth-order valence-electron chi connectivity index (χ4n) is 3.49. The summed E-state index contributed by atoms with van der Waals surface area (Å²) in [5.41, 5.74) is 1.33. The number of benzene rings is 1. The highest BCUT2D eigenvalue weighted by molar-refractivity contribution is 5.95. The number of rotatable bonds is 4. The average molecular weight is 341 g/mol. The minimum Gasteiger partial charge on any atom is -0.352 e. The maximum atomic E-state index is 12.5. The molecular weight excluding hydrogens is 314 g/mol. The van der Waals surface area contributed by atoms with E-state index in [0.717, 1.165) is 31.6 Å². The summed E-state index contributed by atoms with van der Waals surface area (Å²) in [5, 5.41) is 5.84. The molecule has 0 aromatic heterocycles. The molecule has 1 heterocycles. The zero-order valence-electron chi connectivity index (χ0n) is 15.0. The summed E-state index contributed by atoms with van der Waals surface area (Å²) in [6, 6.07) is 7.02. The lowest BCUT2D eigenvalue weighted by molar-refractivity contribution is 0.0949. The van der Waals surface area contributed by atoms with Gasteiger partial charge in [0, 0.05) is 30.9 Å². The van der Waals surface area contributed by atoms with Crippen molar-refractivity contribution in [1.29, 1.82) is 0 Å². The Labute approximate surface area is 149 Å². The van der Waals surface area contributed by atoms with Gasteiger partial charge in [-0.25, -0.2) is 4.79 Å². The lowest BCUT2D eigenvalue weighted by Gasteiger charge is -2.17. The molecule has 1 aliphatic carbocycles. The maximum Gasteiger partial charge on any atom is 0.321 e. The van der Waals surface area contributed by atoms with Crippen molar-refractivity contribution in [3.05, 3.63) is 42.0 Å². The van der Waals surface area contributed by atoms with Crippen LogP contribution in [0.1, 0.15) is 37.0 Å². The van der Waals surface area contributed by atoms with Gasteiger partial charge >= 0.3 is 6.03 Å². The van der Waals surface area contributed by atoms with Crippen LogP contribution in [0.4, 0.5) is 10.5 Å². The van der Waals surface area contributed by atoms with Crippen LogP contribution in [0.15, 0.2) is 36.4 Å². The SMILES string of the molecule is CC(C)CNC(=O)c1ccc(NC(=O)N2C[C@H]3CC=CC[C@H]3C2)cc1. The highest BCUT2D eigenvalue weighted by Crippen LogP contribution is 2.32. The van der Waals surface area contributed by atoms with Crippen LogP contribution < -0.4 is 10.6 Å². The lowest BCUT2D eigenvalue weighted by Crippen LogP contribution is -2.33. The van der Waals surface area contributed by atoms with Gasteiger partial charge in [-0.3, -0.25) is 4.79 Å². The summed E-state index contributed by atoms with van der Waals surface area (Å²) in [6.07, 6.45) is 6.61. The van der Waals surface area contributed by atoms with Crippen LogP contribution in [0.3, 0.4) is 0 Å². The van der Waals surface area contributed by atoms with Crippen molar-refractivity contribution in [3.8, 4) is 0 Å². The minimum atomic E-state index is -0.0808. The van der Waals surface area contributed by atoms with E-state index in [0.29, 0.717) is 29.9 Å². The van der Waals surface area contributed by atoms with E-state index in [2.05, 4.69) is 36.6 Å². The number of carbonyl (C=O) groups is 2. The molecule has 2 aliphatic rings. The van der Waals surface area contributed by atoms with Gasteiger partial charge in [0.25, 0.3) is 5.91 Å². The molecule has 0 saturated carbocycles. The van der Waals surface area contributed by atoms with Gasteiger partial charge in [0.05, 0.1) is 0 Å². The summed E-state index contributed by atoms with van der Waals surface area (Å²) >= 11 is 0. The molecule has 0 unspecified atom stereocenters. The molecule has 25 heavy (non-hydrogen) atoms. The molecule has 2 atom stereocenters. The first-order valence-electron chi connectivity index (χ1n) is 9.12. The number of nitrogens with zero attached hydrogens (tertiary/aromatic N) is 1. The smallest absolute Gasteiger partial charge is 0.321 e. The van der Waals surface area contributed by atoms with Gasteiger partial charge in [-0.15, -0.1) is 0 Å². The van der Waals surface area contributed by atoms with Gasteiger partial charge in [0.2, 0.25) is 0 Å². The van der Waals surface area contributed by atoms with Gasteiger partial charge in [0.1, 0.15) is 0 Å². The van der Waals surface area contributed by atoms with Crippen molar-refractivity contribution in [2.45, 2.75) is 26.7 Å². The third-order valence-corrected chi connectivity index (χ3v) is 4.98. The molecule has 134 valence electrons. The number of allylic oxidation sites excluding steroid dienone is 2. The molecule has 1 aromatic carbocycles. The predicted molar refractivity (Wildman–Crippen MR) is 99.6 cm³/mol. The van der Waals surface area contributed by atoms with Crippen LogP contribution in [0, 0.1) is 17.8 Å². The molecule has 2 N–H and O–H groups in total. The Morgan fingerprint density at radius 2 is 1.68 bits per heavy atom. The number of hydrogen-bond donors (Lipinski definition) is 2. The Hall–Kier alpha value is -2.30. The number of fused-ring (bicyclic) bond motifs is 1. The van der Waals surface area contributed by atoms with E-state index in [-0.39, 0.29) is 11.9 Å². The van der Waals surface area contributed by atoms with E-state index >= 15 is 0 Å². The molecule has 1 fully saturated rings. The largest absolute Gasteiger partial charge is 0.352 e. The third-order valence-electron chi connectivity index (χ3n) is 4.98. The molecule has 5 heteroatoms. The van der Waals surface area contributed by atoms with Crippen LogP contribution in [0.2, 0.25) is 0 Å². The second kappa shape index (κ2) is 7.72. The first kappa shape index (κ1) is 17.5. The molecule has 1 aliphatic heterocycles. The fraction of sp³-hybridized carbons (Fsp3) is 0.500. The van der Waals surface area contributed by atoms with Gasteiger partial charge in [-0.2, -0.15) is 0 Å². The van der Waals surface area contributed by atoms with Crippen molar-refractivity contribution in [2.24, 2.45) is 17.8 Å². The molecule has 1 aromatic rings. The standard InChI is InChI=1S/C20H27N3O2/c1-14(2)11-21-19(24)15-7-9-18(10-8-15)22-20(25)23-12-16-5-3-4-6-17(16)13-23/h3-4,7-10,14,16-17H,5-6,11-13H2,1-2H3,(H,21,24)(H,22,25)/t16-,17+. The highest BCUT2D eigenvalue weighted by Gasteiger charge is 2.35. The van der Waals surface area contributed by atoms with E-state index in [4.69, 9.17) is 0 Å². The number of carbonyl (C=O) groups excluding carboxylic acids is 2. The Bertz CT molecular complexity index is 635. The maximum absolute atomic E-state index is 12.5. The topological polar surface area (TPSA) is 61.4 Å². The average Bonchev–Trinajstić information content (AvgIpc) is 3.04. The van der Waals surface area contributed by atoms with Crippen molar-refractivity contribution < 1.29 is 9.59 Å². The number of urea groups is 1. The Kier molecular flexibility index (Phi) is 5.41. The van der Waals surface area contributed by atoms with Crippen LogP contribution in [-0.2, 0) is 0 Å². The zero-order valence-corrected chi connectivity index (χ0v) is 15.0. The lowest BCUT2D eigenvalue weighted by atomic mass is 9.86. The predicted octanol–water partition coefficient (Wildman–Crippen LogP) is 3.50. The molecule has 3 rings (SSSR count). The molecule has 3 amide bonds. The Morgan fingerprint density at radius 3 is 2.24 bits per heavy atom. The molecule has 5 nitrogen and oxygen atoms in total. The monoisotopic (exact) mass is 341 g/mol. The summed E-state index contributed by atoms with van der Waals surface area (Å²) in [4.78, 5) is 26.4. The number of anilines is 1. The fourth-order valence-corrected chi connectivity index (χ4v) is 3.49. The zero-order chi connectivity index (χ0) is 17.8. The minimum absolute atomic E-state index is 0.0496. The summed E-state index contributed by atoms with van der Waals surface area (Å²) < 4.78 is 0. The number of likely N-dealkylation sites (tertiary alicyclic amines) is 1. The Morgan fingerprint density at radius 1 is 1.08 bits per heavy atom. The van der Waals surface area contributed by atoms with Gasteiger partial charge < -0.3 is 15.5 Å². The molecule has 0 spiro atoms. The summed E-state index contributed by atoms with van der Waals surface area (Å²) in [6.45, 7) is 6.43. The van der Waals surface area contributed by atoms with Crippen molar-refractivity contribution in [1.82, 2.24) is 10.2 Å². The van der Waals surface area contributed by atoms with Crippen LogP contribution in [0.25, 0.3) is 0 Å². The van der Waals surface area contributed by atoms with Crippen LogP contribution in [-0.4, -0.2) is 36.5 Å². The highest BCUT2D eigenvalue weighted by atomic mass is 16.2. The van der Waals surface area contributed by atoms with E-state index in [9.17, 15) is 9.59 Å². The van der Waals surface area contributed by atoms with Crippen molar-refractivity contribution in [2.75, 3.05) is 25.0 Å². The van der Waals surface area contributed by atoms with Gasteiger partial charge in [-0.1, -0.05) is 26.0 Å². The third kappa shape index (κ3) is 4.41. The van der Waals surface area contributed by atoms with Gasteiger partial charge in [0.15, 0.2) is 0 Å². The van der Waals surface area contributed by atoms with Crippen molar-refractivity contribution >= 4 is 17.6 Å². The van der Waals surface area contributed by atoms with E-state index in [1.165, 1.54) is 0 Å². The Balaban J connectivity index is 1.53. The molecule has 0 bridgehead atoms. The quantitative estimate of drug-likeness (QED) is 0.823. The van der Waals surface area contributed by atoms with Gasteiger partial charge in [-0.05, 0) is 54.9 Å². The number of amides is 3. The van der Waals surface area contributed by atoms with E-state index < -0.39 is 0 Å². The van der Waals surface area contributed by atoms with Crippen LogP contribution >= 0.6 is 0 Å². The van der Waals surface area contributed by atoms with E-state index in [1.807, 2.05) is 4.90 Å². The first-order chi connectivity index (χ1) is 12.0. The van der Waals surface area contributed by atoms with Crippen LogP contribution in [0.5, 0.6) is 0 Å². The second-order valence-corrected chi connectivity index (χ2v) is 7.48. The van der Waals surface area contributed by atoms with E-state index in [1.54, 1.807) is 24.3 Å². The molecular formula is C20H27N3O2. The first-order valence-corrected chi connectivity index (χ1v) is 9.12. The number of nitrogens with one attached hydrogen (secondary N) is 2. The molecule has 0 radical (unpaired) electrons.